The van der Waals surface area contributed by atoms with Crippen molar-refractivity contribution in [1.29, 1.82) is 0 Å². The fraction of sp³-hybridized carbons (Fsp3) is 0.154. The van der Waals surface area contributed by atoms with Gasteiger partial charge in [-0.15, -0.1) is 0 Å². The first-order valence-electron chi connectivity index (χ1n) is 10.6. The quantitative estimate of drug-likeness (QED) is 0.360. The summed E-state index contributed by atoms with van der Waals surface area (Å²) in [6, 6.07) is 17.4. The maximum atomic E-state index is 14.0. The molecule has 0 radical (unpaired) electrons. The molecular formula is C26H21F2NO4S. The molecule has 0 atom stereocenters. The molecule has 0 aromatic heterocycles. The summed E-state index contributed by atoms with van der Waals surface area (Å²) in [5.41, 5.74) is 1.30. The van der Waals surface area contributed by atoms with Gasteiger partial charge in [0, 0.05) is 11.1 Å². The lowest BCUT2D eigenvalue weighted by molar-refractivity contribution is -0.123. The average Bonchev–Trinajstić information content (AvgIpc) is 3.08. The molecule has 8 heteroatoms. The average molecular weight is 482 g/mol. The van der Waals surface area contributed by atoms with Crippen LogP contribution in [0.25, 0.3) is 6.08 Å². The maximum Gasteiger partial charge on any atom is 0.293 e. The molecule has 3 aromatic rings. The van der Waals surface area contributed by atoms with Crippen LogP contribution in [0.15, 0.2) is 71.6 Å². The molecule has 5 nitrogen and oxygen atoms in total. The zero-order valence-electron chi connectivity index (χ0n) is 18.3. The topological polar surface area (TPSA) is 55.8 Å². The standard InChI is InChI=1S/C26H21F2NO4S/c1-2-32-23-13-17(11-12-22(23)33-16-19-8-4-6-10-21(19)28)14-24-25(30)29(26(31)34-24)15-18-7-3-5-9-20(18)27/h3-14H,2,15-16H2,1H3/b24-14+. The number of nitrogens with zero attached hydrogens (tertiary/aromatic N) is 1. The fourth-order valence-corrected chi connectivity index (χ4v) is 4.20. The van der Waals surface area contributed by atoms with Crippen molar-refractivity contribution in [3.63, 3.8) is 0 Å². The Morgan fingerprint density at radius 3 is 2.24 bits per heavy atom. The summed E-state index contributed by atoms with van der Waals surface area (Å²) >= 11 is 0.797. The third-order valence-corrected chi connectivity index (χ3v) is 5.97. The molecule has 0 spiro atoms. The van der Waals surface area contributed by atoms with E-state index in [0.29, 0.717) is 29.2 Å². The van der Waals surface area contributed by atoms with Crippen molar-refractivity contribution in [1.82, 2.24) is 4.90 Å². The van der Waals surface area contributed by atoms with Crippen molar-refractivity contribution >= 4 is 29.0 Å². The number of carbonyl (C=O) groups is 2. The lowest BCUT2D eigenvalue weighted by Crippen LogP contribution is -2.27. The Kier molecular flexibility index (Phi) is 7.27. The minimum atomic E-state index is -0.490. The van der Waals surface area contributed by atoms with Gasteiger partial charge in [-0.2, -0.15) is 0 Å². The van der Waals surface area contributed by atoms with E-state index in [-0.39, 0.29) is 29.4 Å². The molecule has 1 aliphatic heterocycles. The van der Waals surface area contributed by atoms with Gasteiger partial charge in [0.2, 0.25) is 0 Å². The Labute approximate surface area is 200 Å². The summed E-state index contributed by atoms with van der Waals surface area (Å²) in [7, 11) is 0. The number of halogens is 2. The number of benzene rings is 3. The Balaban J connectivity index is 1.52. The van der Waals surface area contributed by atoms with Gasteiger partial charge in [-0.05, 0) is 54.6 Å². The predicted octanol–water partition coefficient (Wildman–Crippen LogP) is 6.18. The van der Waals surface area contributed by atoms with Gasteiger partial charge in [-0.3, -0.25) is 14.5 Å². The minimum Gasteiger partial charge on any atom is -0.490 e. The molecule has 1 heterocycles. The smallest absolute Gasteiger partial charge is 0.293 e. The normalized spacial score (nSPS) is 14.7. The van der Waals surface area contributed by atoms with Crippen LogP contribution < -0.4 is 9.47 Å². The highest BCUT2D eigenvalue weighted by Gasteiger charge is 2.35. The molecule has 0 saturated carbocycles. The summed E-state index contributed by atoms with van der Waals surface area (Å²) in [6.45, 7) is 2.09. The summed E-state index contributed by atoms with van der Waals surface area (Å²) in [4.78, 5) is 26.5. The van der Waals surface area contributed by atoms with Crippen LogP contribution in [-0.4, -0.2) is 22.7 Å². The Morgan fingerprint density at radius 2 is 1.56 bits per heavy atom. The van der Waals surface area contributed by atoms with Crippen LogP contribution in [0.1, 0.15) is 23.6 Å². The highest BCUT2D eigenvalue weighted by Crippen LogP contribution is 2.36. The van der Waals surface area contributed by atoms with E-state index in [1.807, 2.05) is 6.92 Å². The zero-order valence-corrected chi connectivity index (χ0v) is 19.1. The summed E-state index contributed by atoms with van der Waals surface area (Å²) in [5.74, 6) is -0.467. The molecule has 0 N–H and O–H groups in total. The summed E-state index contributed by atoms with van der Waals surface area (Å²) in [6.07, 6.45) is 1.58. The molecular weight excluding hydrogens is 460 g/mol. The Bertz CT molecular complexity index is 1260. The van der Waals surface area contributed by atoms with Crippen LogP contribution >= 0.6 is 11.8 Å². The highest BCUT2D eigenvalue weighted by molar-refractivity contribution is 8.18. The molecule has 4 rings (SSSR count). The number of thioether (sulfide) groups is 1. The van der Waals surface area contributed by atoms with E-state index in [1.54, 1.807) is 54.6 Å². The number of carbonyl (C=O) groups excluding carboxylic acids is 2. The van der Waals surface area contributed by atoms with Crippen molar-refractivity contribution in [2.75, 3.05) is 6.61 Å². The fourth-order valence-electron chi connectivity index (χ4n) is 3.36. The molecule has 34 heavy (non-hydrogen) atoms. The molecule has 1 saturated heterocycles. The van der Waals surface area contributed by atoms with Gasteiger partial charge in [0.1, 0.15) is 18.2 Å². The van der Waals surface area contributed by atoms with E-state index in [0.717, 1.165) is 16.7 Å². The second-order valence-corrected chi connectivity index (χ2v) is 8.37. The number of hydrogen-bond acceptors (Lipinski definition) is 5. The third kappa shape index (κ3) is 5.28. The number of amides is 2. The van der Waals surface area contributed by atoms with Gasteiger partial charge in [0.05, 0.1) is 18.1 Å². The van der Waals surface area contributed by atoms with Crippen molar-refractivity contribution in [2.24, 2.45) is 0 Å². The predicted molar refractivity (Wildman–Crippen MR) is 126 cm³/mol. The number of ether oxygens (including phenoxy) is 2. The van der Waals surface area contributed by atoms with E-state index >= 15 is 0 Å². The van der Waals surface area contributed by atoms with Crippen LogP contribution in [0, 0.1) is 11.6 Å². The van der Waals surface area contributed by atoms with Gasteiger partial charge in [0.25, 0.3) is 11.1 Å². The lowest BCUT2D eigenvalue weighted by Gasteiger charge is -2.13. The molecule has 1 aliphatic rings. The monoisotopic (exact) mass is 481 g/mol. The van der Waals surface area contributed by atoms with Crippen LogP contribution in [-0.2, 0) is 17.9 Å². The third-order valence-electron chi connectivity index (χ3n) is 5.07. The zero-order chi connectivity index (χ0) is 24.1. The van der Waals surface area contributed by atoms with Gasteiger partial charge in [0.15, 0.2) is 11.5 Å². The first-order chi connectivity index (χ1) is 16.5. The Morgan fingerprint density at radius 1 is 0.882 bits per heavy atom. The van der Waals surface area contributed by atoms with E-state index < -0.39 is 17.0 Å². The van der Waals surface area contributed by atoms with E-state index in [1.165, 1.54) is 18.2 Å². The highest BCUT2D eigenvalue weighted by atomic mass is 32.2. The summed E-state index contributed by atoms with van der Waals surface area (Å²) < 4.78 is 39.3. The van der Waals surface area contributed by atoms with Gasteiger partial charge < -0.3 is 9.47 Å². The van der Waals surface area contributed by atoms with Crippen molar-refractivity contribution in [2.45, 2.75) is 20.1 Å². The van der Waals surface area contributed by atoms with Gasteiger partial charge in [-0.1, -0.05) is 42.5 Å². The molecule has 0 unspecified atom stereocenters. The molecule has 3 aromatic carbocycles. The second kappa shape index (κ2) is 10.5. The largest absolute Gasteiger partial charge is 0.490 e. The van der Waals surface area contributed by atoms with Crippen molar-refractivity contribution in [3.8, 4) is 11.5 Å². The van der Waals surface area contributed by atoms with Gasteiger partial charge >= 0.3 is 0 Å². The lowest BCUT2D eigenvalue weighted by atomic mass is 10.1. The SMILES string of the molecule is CCOc1cc(/C=C2/SC(=O)N(Cc3ccccc3F)C2=O)ccc1OCc1ccccc1F. The van der Waals surface area contributed by atoms with E-state index in [2.05, 4.69) is 0 Å². The Hall–Kier alpha value is -3.65. The van der Waals surface area contributed by atoms with Gasteiger partial charge in [-0.25, -0.2) is 8.78 Å². The number of rotatable bonds is 8. The first kappa shape index (κ1) is 23.5. The molecule has 2 amide bonds. The minimum absolute atomic E-state index is 0.0288. The maximum absolute atomic E-state index is 14.0. The van der Waals surface area contributed by atoms with Crippen LogP contribution in [0.5, 0.6) is 11.5 Å². The second-order valence-electron chi connectivity index (χ2n) is 7.38. The van der Waals surface area contributed by atoms with Crippen molar-refractivity contribution < 1.29 is 27.8 Å². The first-order valence-corrected chi connectivity index (χ1v) is 11.4. The van der Waals surface area contributed by atoms with Crippen LogP contribution in [0.2, 0.25) is 0 Å². The molecule has 1 fully saturated rings. The molecule has 0 aliphatic carbocycles. The van der Waals surface area contributed by atoms with Crippen molar-refractivity contribution in [3.05, 3.63) is 100.0 Å². The van der Waals surface area contributed by atoms with E-state index in [4.69, 9.17) is 9.47 Å². The number of imide groups is 1. The summed E-state index contributed by atoms with van der Waals surface area (Å²) in [5, 5.41) is -0.464. The molecule has 174 valence electrons. The van der Waals surface area contributed by atoms with Crippen LogP contribution in [0.3, 0.4) is 0 Å². The molecule has 0 bridgehead atoms. The van der Waals surface area contributed by atoms with Crippen LogP contribution in [0.4, 0.5) is 13.6 Å². The van der Waals surface area contributed by atoms with E-state index in [9.17, 15) is 18.4 Å². The number of hydrogen-bond donors (Lipinski definition) is 0.